The Morgan fingerprint density at radius 2 is 1.74 bits per heavy atom. The van der Waals surface area contributed by atoms with Gasteiger partial charge >= 0.3 is 0 Å². The van der Waals surface area contributed by atoms with Gasteiger partial charge < -0.3 is 14.8 Å². The van der Waals surface area contributed by atoms with E-state index in [2.05, 4.69) is 4.98 Å². The Bertz CT molecular complexity index is 587. The van der Waals surface area contributed by atoms with Crippen LogP contribution >= 0.6 is 0 Å². The summed E-state index contributed by atoms with van der Waals surface area (Å²) in [6.45, 7) is 7.00. The maximum absolute atomic E-state index is 12.7. The molecule has 0 radical (unpaired) electrons. The number of amides is 2. The highest BCUT2D eigenvalue weighted by molar-refractivity contribution is 5.94. The number of hydrogen-bond acceptors (Lipinski definition) is 2. The van der Waals surface area contributed by atoms with Crippen LogP contribution in [-0.2, 0) is 4.79 Å². The molecule has 2 aliphatic rings. The number of likely N-dealkylation sites (tertiary alicyclic amines) is 2. The molecule has 126 valence electrons. The maximum Gasteiger partial charge on any atom is 0.270 e. The number of carbonyl (C=O) groups is 2. The average molecular weight is 317 g/mol. The summed E-state index contributed by atoms with van der Waals surface area (Å²) in [6, 6.07) is 1.99. The Kier molecular flexibility index (Phi) is 4.74. The highest BCUT2D eigenvalue weighted by atomic mass is 16.2. The van der Waals surface area contributed by atoms with Gasteiger partial charge in [-0.05, 0) is 57.6 Å². The number of carbonyl (C=O) groups excluding carboxylic acids is 2. The van der Waals surface area contributed by atoms with Gasteiger partial charge in [0.2, 0.25) is 5.91 Å². The third-order valence-corrected chi connectivity index (χ3v) is 5.09. The molecule has 0 aliphatic carbocycles. The standard InChI is InChI=1S/C18H27N3O2/c1-13-11-14(2)19-16(13)18(23)21-10-6-7-15(12-21)17(22)20-8-4-3-5-9-20/h11,15,19H,3-10,12H2,1-2H3. The number of nitrogens with one attached hydrogen (secondary N) is 1. The van der Waals surface area contributed by atoms with Gasteiger partial charge in [0, 0.05) is 31.9 Å². The number of aromatic nitrogens is 1. The first-order valence-corrected chi connectivity index (χ1v) is 8.80. The first-order chi connectivity index (χ1) is 11.1. The fraction of sp³-hybridized carbons (Fsp3) is 0.667. The Labute approximate surface area is 138 Å². The van der Waals surface area contributed by atoms with Crippen molar-refractivity contribution in [1.29, 1.82) is 0 Å². The predicted molar refractivity (Wildman–Crippen MR) is 89.3 cm³/mol. The summed E-state index contributed by atoms with van der Waals surface area (Å²) in [4.78, 5) is 32.5. The second-order valence-electron chi connectivity index (χ2n) is 6.99. The molecule has 0 aromatic carbocycles. The summed E-state index contributed by atoms with van der Waals surface area (Å²) in [5.74, 6) is 0.260. The van der Waals surface area contributed by atoms with Crippen LogP contribution in [-0.4, -0.2) is 52.8 Å². The fourth-order valence-electron chi connectivity index (χ4n) is 3.84. The van der Waals surface area contributed by atoms with E-state index in [-0.39, 0.29) is 17.7 Å². The summed E-state index contributed by atoms with van der Waals surface area (Å²) in [7, 11) is 0. The normalized spacial score (nSPS) is 22.3. The van der Waals surface area contributed by atoms with Crippen LogP contribution in [0.25, 0.3) is 0 Å². The number of nitrogens with zero attached hydrogens (tertiary/aromatic N) is 2. The van der Waals surface area contributed by atoms with E-state index in [9.17, 15) is 9.59 Å². The van der Waals surface area contributed by atoms with E-state index in [0.29, 0.717) is 12.2 Å². The first kappa shape index (κ1) is 16.1. The largest absolute Gasteiger partial charge is 0.354 e. The molecule has 1 N–H and O–H groups in total. The molecule has 3 heterocycles. The monoisotopic (exact) mass is 317 g/mol. The summed E-state index contributed by atoms with van der Waals surface area (Å²) >= 11 is 0. The topological polar surface area (TPSA) is 56.4 Å². The summed E-state index contributed by atoms with van der Waals surface area (Å²) in [5.41, 5.74) is 2.66. The molecular formula is C18H27N3O2. The quantitative estimate of drug-likeness (QED) is 0.911. The fourth-order valence-corrected chi connectivity index (χ4v) is 3.84. The third-order valence-electron chi connectivity index (χ3n) is 5.09. The lowest BCUT2D eigenvalue weighted by Gasteiger charge is -2.36. The van der Waals surface area contributed by atoms with E-state index in [0.717, 1.165) is 56.6 Å². The van der Waals surface area contributed by atoms with Crippen molar-refractivity contribution in [1.82, 2.24) is 14.8 Å². The van der Waals surface area contributed by atoms with E-state index >= 15 is 0 Å². The van der Waals surface area contributed by atoms with Gasteiger partial charge in [-0.25, -0.2) is 0 Å². The lowest BCUT2D eigenvalue weighted by atomic mass is 9.95. The van der Waals surface area contributed by atoms with Crippen molar-refractivity contribution in [3.05, 3.63) is 23.0 Å². The molecule has 0 saturated carbocycles. The van der Waals surface area contributed by atoms with Crippen molar-refractivity contribution in [2.24, 2.45) is 5.92 Å². The molecule has 5 nitrogen and oxygen atoms in total. The van der Waals surface area contributed by atoms with Crippen LogP contribution in [0.5, 0.6) is 0 Å². The zero-order chi connectivity index (χ0) is 16.4. The van der Waals surface area contributed by atoms with E-state index in [1.54, 1.807) is 0 Å². The van der Waals surface area contributed by atoms with Crippen LogP contribution < -0.4 is 0 Å². The Hall–Kier alpha value is -1.78. The maximum atomic E-state index is 12.7. The van der Waals surface area contributed by atoms with E-state index < -0.39 is 0 Å². The van der Waals surface area contributed by atoms with Crippen molar-refractivity contribution >= 4 is 11.8 Å². The van der Waals surface area contributed by atoms with Crippen LogP contribution in [0.2, 0.25) is 0 Å². The van der Waals surface area contributed by atoms with Crippen molar-refractivity contribution in [2.45, 2.75) is 46.0 Å². The van der Waals surface area contributed by atoms with E-state index in [1.165, 1.54) is 6.42 Å². The smallest absolute Gasteiger partial charge is 0.270 e. The van der Waals surface area contributed by atoms with Gasteiger partial charge in [0.05, 0.1) is 5.92 Å². The molecule has 1 atom stereocenters. The minimum atomic E-state index is -0.0258. The molecule has 23 heavy (non-hydrogen) atoms. The van der Waals surface area contributed by atoms with E-state index in [1.807, 2.05) is 29.7 Å². The summed E-state index contributed by atoms with van der Waals surface area (Å²) < 4.78 is 0. The number of H-pyrrole nitrogens is 1. The number of piperidine rings is 2. The molecule has 2 fully saturated rings. The lowest BCUT2D eigenvalue weighted by Crippen LogP contribution is -2.48. The van der Waals surface area contributed by atoms with Crippen LogP contribution in [0, 0.1) is 19.8 Å². The number of hydrogen-bond donors (Lipinski definition) is 1. The Balaban J connectivity index is 1.66. The lowest BCUT2D eigenvalue weighted by molar-refractivity contribution is -0.137. The molecule has 3 rings (SSSR count). The van der Waals surface area contributed by atoms with Crippen LogP contribution in [0.1, 0.15) is 53.8 Å². The molecule has 0 spiro atoms. The number of aromatic amines is 1. The molecule has 5 heteroatoms. The molecule has 0 bridgehead atoms. The molecule has 2 amide bonds. The molecule has 1 aromatic heterocycles. The number of rotatable bonds is 2. The zero-order valence-electron chi connectivity index (χ0n) is 14.2. The van der Waals surface area contributed by atoms with Gasteiger partial charge in [0.1, 0.15) is 5.69 Å². The highest BCUT2D eigenvalue weighted by Gasteiger charge is 2.32. The van der Waals surface area contributed by atoms with Gasteiger partial charge in [0.15, 0.2) is 0 Å². The highest BCUT2D eigenvalue weighted by Crippen LogP contribution is 2.23. The minimum Gasteiger partial charge on any atom is -0.354 e. The van der Waals surface area contributed by atoms with Crippen LogP contribution in [0.3, 0.4) is 0 Å². The van der Waals surface area contributed by atoms with Gasteiger partial charge in [-0.3, -0.25) is 9.59 Å². The van der Waals surface area contributed by atoms with Gasteiger partial charge in [-0.15, -0.1) is 0 Å². The minimum absolute atomic E-state index is 0.0258. The van der Waals surface area contributed by atoms with Crippen LogP contribution in [0.4, 0.5) is 0 Å². The summed E-state index contributed by atoms with van der Waals surface area (Å²) in [5, 5.41) is 0. The second kappa shape index (κ2) is 6.77. The van der Waals surface area contributed by atoms with Gasteiger partial charge in [-0.2, -0.15) is 0 Å². The second-order valence-corrected chi connectivity index (χ2v) is 6.99. The SMILES string of the molecule is Cc1cc(C)c(C(=O)N2CCCC(C(=O)N3CCCCC3)C2)[nH]1. The molecule has 1 unspecified atom stereocenters. The average Bonchev–Trinajstić information content (AvgIpc) is 2.93. The van der Waals surface area contributed by atoms with Crippen molar-refractivity contribution in [3.8, 4) is 0 Å². The van der Waals surface area contributed by atoms with Gasteiger partial charge in [-0.1, -0.05) is 0 Å². The third kappa shape index (κ3) is 3.43. The molecular weight excluding hydrogens is 290 g/mol. The van der Waals surface area contributed by atoms with Crippen molar-refractivity contribution in [2.75, 3.05) is 26.2 Å². The molecule has 1 aromatic rings. The van der Waals surface area contributed by atoms with Crippen LogP contribution in [0.15, 0.2) is 6.07 Å². The first-order valence-electron chi connectivity index (χ1n) is 8.80. The molecule has 2 saturated heterocycles. The van der Waals surface area contributed by atoms with Crippen molar-refractivity contribution < 1.29 is 9.59 Å². The van der Waals surface area contributed by atoms with Crippen molar-refractivity contribution in [3.63, 3.8) is 0 Å². The molecule has 2 aliphatic heterocycles. The zero-order valence-corrected chi connectivity index (χ0v) is 14.2. The van der Waals surface area contributed by atoms with Gasteiger partial charge in [0.25, 0.3) is 5.91 Å². The Morgan fingerprint density at radius 1 is 1.04 bits per heavy atom. The number of aryl methyl sites for hydroxylation is 2. The Morgan fingerprint density at radius 3 is 2.39 bits per heavy atom. The summed E-state index contributed by atoms with van der Waals surface area (Å²) in [6.07, 6.45) is 5.27. The van der Waals surface area contributed by atoms with E-state index in [4.69, 9.17) is 0 Å². The predicted octanol–water partition coefficient (Wildman–Crippen LogP) is 2.50.